The molecule has 0 aliphatic carbocycles. The van der Waals surface area contributed by atoms with Gasteiger partial charge in [-0.3, -0.25) is 0 Å². The van der Waals surface area contributed by atoms with Crippen molar-refractivity contribution in [2.75, 3.05) is 5.73 Å². The van der Waals surface area contributed by atoms with E-state index in [1.807, 2.05) is 0 Å². The van der Waals surface area contributed by atoms with E-state index in [1.54, 1.807) is 18.2 Å². The molecule has 12 heavy (non-hydrogen) atoms. The maximum Gasteiger partial charge on any atom is 0.488 e. The minimum atomic E-state index is -1.46. The summed E-state index contributed by atoms with van der Waals surface area (Å²) >= 11 is 3.23. The van der Waals surface area contributed by atoms with E-state index in [4.69, 9.17) is 15.8 Å². The zero-order chi connectivity index (χ0) is 9.14. The molecule has 1 rings (SSSR count). The lowest BCUT2D eigenvalue weighted by atomic mass is 9.77. The molecule has 64 valence electrons. The summed E-state index contributed by atoms with van der Waals surface area (Å²) in [5.74, 6) is 0. The number of alkyl halides is 1. The first-order valence-corrected chi connectivity index (χ1v) is 4.58. The van der Waals surface area contributed by atoms with Crippen LogP contribution in [0.3, 0.4) is 0 Å². The number of halogens is 1. The molecule has 0 aliphatic heterocycles. The standard InChI is InChI=1S/C7H9BBrNO2/c9-4-5-6(8(11)12)2-1-3-7(5)10/h1-3,11-12H,4,10H2. The van der Waals surface area contributed by atoms with Crippen LogP contribution in [0.25, 0.3) is 0 Å². The molecule has 5 heteroatoms. The third-order valence-corrected chi connectivity index (χ3v) is 2.22. The molecule has 1 aromatic carbocycles. The van der Waals surface area contributed by atoms with Crippen LogP contribution in [-0.4, -0.2) is 17.2 Å². The Morgan fingerprint density at radius 1 is 1.42 bits per heavy atom. The smallest absolute Gasteiger partial charge is 0.423 e. The van der Waals surface area contributed by atoms with Gasteiger partial charge < -0.3 is 15.8 Å². The van der Waals surface area contributed by atoms with Gasteiger partial charge in [0.15, 0.2) is 0 Å². The first-order chi connectivity index (χ1) is 5.66. The van der Waals surface area contributed by atoms with Gasteiger partial charge in [-0.25, -0.2) is 0 Å². The van der Waals surface area contributed by atoms with E-state index in [9.17, 15) is 0 Å². The van der Waals surface area contributed by atoms with Gasteiger partial charge >= 0.3 is 7.12 Å². The van der Waals surface area contributed by atoms with Crippen LogP contribution in [0.2, 0.25) is 0 Å². The van der Waals surface area contributed by atoms with Crippen molar-refractivity contribution >= 4 is 34.2 Å². The van der Waals surface area contributed by atoms with Gasteiger partial charge in [0.05, 0.1) is 0 Å². The minimum Gasteiger partial charge on any atom is -0.423 e. The predicted molar refractivity (Wildman–Crippen MR) is 53.3 cm³/mol. The van der Waals surface area contributed by atoms with Crippen LogP contribution >= 0.6 is 15.9 Å². The van der Waals surface area contributed by atoms with Crippen molar-refractivity contribution < 1.29 is 10.0 Å². The molecule has 1 aromatic rings. The molecule has 0 aromatic heterocycles. The number of hydrogen-bond donors (Lipinski definition) is 3. The average molecular weight is 230 g/mol. The molecule has 4 N–H and O–H groups in total. The molecule has 0 atom stereocenters. The van der Waals surface area contributed by atoms with Gasteiger partial charge in [0.25, 0.3) is 0 Å². The number of nitrogen functional groups attached to an aromatic ring is 1. The highest BCUT2D eigenvalue weighted by atomic mass is 79.9. The molecular weight excluding hydrogens is 221 g/mol. The van der Waals surface area contributed by atoms with Crippen molar-refractivity contribution in [1.82, 2.24) is 0 Å². The molecule has 0 spiro atoms. The zero-order valence-electron chi connectivity index (χ0n) is 6.37. The second-order valence-electron chi connectivity index (χ2n) is 2.42. The number of rotatable bonds is 2. The van der Waals surface area contributed by atoms with Crippen molar-refractivity contribution in [2.45, 2.75) is 5.33 Å². The van der Waals surface area contributed by atoms with E-state index < -0.39 is 7.12 Å². The Labute approximate surface area is 79.5 Å². The Morgan fingerprint density at radius 2 is 2.08 bits per heavy atom. The lowest BCUT2D eigenvalue weighted by molar-refractivity contribution is 0.425. The lowest BCUT2D eigenvalue weighted by Gasteiger charge is -2.08. The van der Waals surface area contributed by atoms with Gasteiger partial charge in [0, 0.05) is 11.0 Å². The maximum absolute atomic E-state index is 8.94. The minimum absolute atomic E-state index is 0.451. The van der Waals surface area contributed by atoms with Crippen LogP contribution < -0.4 is 11.2 Å². The highest BCUT2D eigenvalue weighted by Crippen LogP contribution is 2.12. The summed E-state index contributed by atoms with van der Waals surface area (Å²) in [5, 5.41) is 18.4. The van der Waals surface area contributed by atoms with E-state index >= 15 is 0 Å². The van der Waals surface area contributed by atoms with Gasteiger partial charge in [0.1, 0.15) is 0 Å². The molecule has 0 unspecified atom stereocenters. The van der Waals surface area contributed by atoms with Gasteiger partial charge in [-0.1, -0.05) is 28.1 Å². The van der Waals surface area contributed by atoms with E-state index in [1.165, 1.54) is 0 Å². The quantitative estimate of drug-likeness (QED) is 0.375. The van der Waals surface area contributed by atoms with Gasteiger partial charge in [-0.2, -0.15) is 0 Å². The van der Waals surface area contributed by atoms with Crippen LogP contribution in [0.1, 0.15) is 5.56 Å². The van der Waals surface area contributed by atoms with Crippen molar-refractivity contribution in [3.05, 3.63) is 23.8 Å². The average Bonchev–Trinajstić information content (AvgIpc) is 2.03. The summed E-state index contributed by atoms with van der Waals surface area (Å²) in [6.07, 6.45) is 0. The largest absolute Gasteiger partial charge is 0.488 e. The summed E-state index contributed by atoms with van der Waals surface area (Å²) in [6.45, 7) is 0. The van der Waals surface area contributed by atoms with E-state index in [2.05, 4.69) is 15.9 Å². The summed E-state index contributed by atoms with van der Waals surface area (Å²) in [4.78, 5) is 0. The SMILES string of the molecule is Nc1cccc(B(O)O)c1CBr. The van der Waals surface area contributed by atoms with E-state index in [0.717, 1.165) is 5.56 Å². The van der Waals surface area contributed by atoms with Crippen molar-refractivity contribution in [3.63, 3.8) is 0 Å². The normalized spacial score (nSPS) is 9.92. The Balaban J connectivity index is 3.18. The summed E-state index contributed by atoms with van der Waals surface area (Å²) in [5.41, 5.74) is 7.36. The third kappa shape index (κ3) is 1.80. The van der Waals surface area contributed by atoms with E-state index in [-0.39, 0.29) is 0 Å². The molecule has 3 nitrogen and oxygen atoms in total. The number of nitrogens with two attached hydrogens (primary N) is 1. The Hall–Kier alpha value is -0.515. The van der Waals surface area contributed by atoms with E-state index in [0.29, 0.717) is 16.5 Å². The first kappa shape index (κ1) is 9.57. The monoisotopic (exact) mass is 229 g/mol. The van der Waals surface area contributed by atoms with Gasteiger partial charge in [-0.05, 0) is 17.1 Å². The lowest BCUT2D eigenvalue weighted by Crippen LogP contribution is -2.33. The summed E-state index contributed by atoms with van der Waals surface area (Å²) in [6, 6.07) is 5.05. The molecule has 0 heterocycles. The predicted octanol–water partition coefficient (Wildman–Crippen LogP) is -0.156. The first-order valence-electron chi connectivity index (χ1n) is 3.46. The number of benzene rings is 1. The third-order valence-electron chi connectivity index (χ3n) is 1.66. The highest BCUT2D eigenvalue weighted by molar-refractivity contribution is 9.08. The summed E-state index contributed by atoms with van der Waals surface area (Å²) in [7, 11) is -1.46. The molecule has 0 aliphatic rings. The molecule has 0 saturated carbocycles. The van der Waals surface area contributed by atoms with Crippen LogP contribution in [0, 0.1) is 0 Å². The van der Waals surface area contributed by atoms with Gasteiger partial charge in [-0.15, -0.1) is 0 Å². The second kappa shape index (κ2) is 3.93. The fraction of sp³-hybridized carbons (Fsp3) is 0.143. The summed E-state index contributed by atoms with van der Waals surface area (Å²) < 4.78 is 0. The second-order valence-corrected chi connectivity index (χ2v) is 2.98. The van der Waals surface area contributed by atoms with Crippen molar-refractivity contribution in [1.29, 1.82) is 0 Å². The van der Waals surface area contributed by atoms with Crippen LogP contribution in [0.4, 0.5) is 5.69 Å². The number of anilines is 1. The topological polar surface area (TPSA) is 66.5 Å². The molecule has 0 fully saturated rings. The Morgan fingerprint density at radius 3 is 2.50 bits per heavy atom. The Bertz CT molecular complexity index is 280. The molecular formula is C7H9BBrNO2. The van der Waals surface area contributed by atoms with Crippen LogP contribution in [0.15, 0.2) is 18.2 Å². The molecule has 0 bridgehead atoms. The van der Waals surface area contributed by atoms with Crippen LogP contribution in [-0.2, 0) is 5.33 Å². The van der Waals surface area contributed by atoms with Crippen LogP contribution in [0.5, 0.6) is 0 Å². The van der Waals surface area contributed by atoms with Gasteiger partial charge in [0.2, 0.25) is 0 Å². The Kier molecular flexibility index (Phi) is 3.14. The fourth-order valence-electron chi connectivity index (χ4n) is 1.02. The van der Waals surface area contributed by atoms with Crippen molar-refractivity contribution in [2.24, 2.45) is 0 Å². The fourth-order valence-corrected chi connectivity index (χ4v) is 1.67. The molecule has 0 saturated heterocycles. The zero-order valence-corrected chi connectivity index (χ0v) is 7.95. The molecule has 0 amide bonds. The molecule has 0 radical (unpaired) electrons. The number of hydrogen-bond acceptors (Lipinski definition) is 3. The maximum atomic E-state index is 8.94. The van der Waals surface area contributed by atoms with Crippen molar-refractivity contribution in [3.8, 4) is 0 Å². The highest BCUT2D eigenvalue weighted by Gasteiger charge is 2.16.